The standard InChI is InChI=1S/C26H27F2N5O2/c1-16-14-29-15-17(2)22(16)18-4-6-20(7-5-18)31-25(35)23(19-8-11-26(27,28)12-9-19)32-24(34)21-10-13-30-33(21)3/h4-7,10,13-15H,8-9,11-12H2,1-3H3,(H,31,35)(H,32,34). The summed E-state index contributed by atoms with van der Waals surface area (Å²) >= 11 is 0. The zero-order valence-corrected chi connectivity index (χ0v) is 19.9. The van der Waals surface area contributed by atoms with Gasteiger partial charge < -0.3 is 10.6 Å². The first-order valence-corrected chi connectivity index (χ1v) is 11.4. The van der Waals surface area contributed by atoms with E-state index in [4.69, 9.17) is 0 Å². The lowest BCUT2D eigenvalue weighted by atomic mass is 9.90. The molecule has 3 aromatic rings. The van der Waals surface area contributed by atoms with Crippen LogP contribution in [-0.4, -0.2) is 32.5 Å². The van der Waals surface area contributed by atoms with Crippen LogP contribution in [0.15, 0.2) is 60.2 Å². The molecule has 0 bridgehead atoms. The lowest BCUT2D eigenvalue weighted by Crippen LogP contribution is -2.34. The smallest absolute Gasteiger partial charge is 0.274 e. The van der Waals surface area contributed by atoms with Crippen LogP contribution in [0.5, 0.6) is 0 Å². The second kappa shape index (κ2) is 9.77. The Kier molecular flexibility index (Phi) is 6.77. The van der Waals surface area contributed by atoms with Crippen LogP contribution < -0.4 is 10.6 Å². The second-order valence-electron chi connectivity index (χ2n) is 8.81. The first kappa shape index (κ1) is 24.3. The normalized spacial score (nSPS) is 14.9. The van der Waals surface area contributed by atoms with Gasteiger partial charge in [0.25, 0.3) is 11.8 Å². The fraction of sp³-hybridized carbons (Fsp3) is 0.308. The fourth-order valence-electron chi connectivity index (χ4n) is 4.32. The zero-order valence-electron chi connectivity index (χ0n) is 19.9. The van der Waals surface area contributed by atoms with Crippen molar-refractivity contribution in [3.05, 3.63) is 77.0 Å². The van der Waals surface area contributed by atoms with Gasteiger partial charge in [-0.05, 0) is 72.7 Å². The highest BCUT2D eigenvalue weighted by Crippen LogP contribution is 2.37. The molecule has 0 radical (unpaired) electrons. The van der Waals surface area contributed by atoms with E-state index in [1.54, 1.807) is 31.6 Å². The first-order chi connectivity index (χ1) is 16.6. The zero-order chi connectivity index (χ0) is 25.2. The summed E-state index contributed by atoms with van der Waals surface area (Å²) in [6.07, 6.45) is 4.41. The number of hydrogen-bond donors (Lipinski definition) is 2. The maximum Gasteiger partial charge on any atom is 0.274 e. The molecule has 0 atom stereocenters. The van der Waals surface area contributed by atoms with Crippen LogP contribution in [0.4, 0.5) is 14.5 Å². The minimum atomic E-state index is -2.77. The van der Waals surface area contributed by atoms with E-state index >= 15 is 0 Å². The van der Waals surface area contributed by atoms with Crippen molar-refractivity contribution in [2.24, 2.45) is 7.05 Å². The van der Waals surface area contributed by atoms with Crippen molar-refractivity contribution in [2.45, 2.75) is 45.5 Å². The molecule has 1 aromatic carbocycles. The van der Waals surface area contributed by atoms with Gasteiger partial charge in [-0.2, -0.15) is 5.10 Å². The van der Waals surface area contributed by atoms with Crippen molar-refractivity contribution in [1.29, 1.82) is 0 Å². The number of pyridine rings is 1. The molecule has 2 amide bonds. The largest absolute Gasteiger partial charge is 0.321 e. The number of nitrogens with zero attached hydrogens (tertiary/aromatic N) is 3. The third-order valence-electron chi connectivity index (χ3n) is 6.21. The monoisotopic (exact) mass is 479 g/mol. The van der Waals surface area contributed by atoms with Gasteiger partial charge in [0.1, 0.15) is 11.4 Å². The highest BCUT2D eigenvalue weighted by molar-refractivity contribution is 6.08. The summed E-state index contributed by atoms with van der Waals surface area (Å²) in [7, 11) is 1.61. The molecule has 9 heteroatoms. The molecule has 0 saturated heterocycles. The predicted octanol–water partition coefficient (Wildman–Crippen LogP) is 4.93. The van der Waals surface area contributed by atoms with Crippen molar-refractivity contribution in [3.63, 3.8) is 0 Å². The molecule has 182 valence electrons. The Hall–Kier alpha value is -3.88. The highest BCUT2D eigenvalue weighted by Gasteiger charge is 2.35. The Morgan fingerprint density at radius 1 is 1.00 bits per heavy atom. The number of amides is 2. The van der Waals surface area contributed by atoms with E-state index in [9.17, 15) is 18.4 Å². The number of nitrogens with one attached hydrogen (secondary N) is 2. The minimum absolute atomic E-state index is 0.0107. The number of hydrogen-bond acceptors (Lipinski definition) is 4. The van der Waals surface area contributed by atoms with Crippen molar-refractivity contribution < 1.29 is 18.4 Å². The van der Waals surface area contributed by atoms with Crippen LogP contribution in [0.2, 0.25) is 0 Å². The summed E-state index contributed by atoms with van der Waals surface area (Å²) in [6.45, 7) is 3.98. The van der Waals surface area contributed by atoms with E-state index in [2.05, 4.69) is 20.7 Å². The van der Waals surface area contributed by atoms with Crippen LogP contribution in [0.3, 0.4) is 0 Å². The molecular weight excluding hydrogens is 452 g/mol. The molecule has 1 aliphatic rings. The van der Waals surface area contributed by atoms with E-state index in [-0.39, 0.29) is 37.1 Å². The molecule has 2 N–H and O–H groups in total. The van der Waals surface area contributed by atoms with Crippen LogP contribution >= 0.6 is 0 Å². The summed E-state index contributed by atoms with van der Waals surface area (Å²) in [6, 6.07) is 8.85. The minimum Gasteiger partial charge on any atom is -0.321 e. The maximum atomic E-state index is 13.7. The molecule has 2 aromatic heterocycles. The number of aromatic nitrogens is 3. The summed E-state index contributed by atoms with van der Waals surface area (Å²) in [4.78, 5) is 30.2. The highest BCUT2D eigenvalue weighted by atomic mass is 19.3. The van der Waals surface area contributed by atoms with E-state index in [0.29, 0.717) is 11.3 Å². The molecule has 35 heavy (non-hydrogen) atoms. The molecule has 0 aliphatic heterocycles. The van der Waals surface area contributed by atoms with Gasteiger partial charge in [-0.15, -0.1) is 0 Å². The Morgan fingerprint density at radius 3 is 2.20 bits per heavy atom. The number of aryl methyl sites for hydroxylation is 3. The van der Waals surface area contributed by atoms with Crippen molar-refractivity contribution in [3.8, 4) is 11.1 Å². The number of alkyl halides is 2. The third-order valence-corrected chi connectivity index (χ3v) is 6.21. The molecule has 4 rings (SSSR count). The Labute approximate surface area is 202 Å². The SMILES string of the molecule is Cc1cncc(C)c1-c1ccc(NC(=O)C(NC(=O)c2ccnn2C)=C2CCC(F)(F)CC2)cc1. The Bertz CT molecular complexity index is 1260. The molecule has 1 saturated carbocycles. The molecule has 7 nitrogen and oxygen atoms in total. The van der Waals surface area contributed by atoms with Gasteiger partial charge in [0, 0.05) is 44.2 Å². The van der Waals surface area contributed by atoms with Gasteiger partial charge in [-0.3, -0.25) is 19.3 Å². The van der Waals surface area contributed by atoms with Crippen molar-refractivity contribution >= 4 is 17.5 Å². The molecule has 0 unspecified atom stereocenters. The van der Waals surface area contributed by atoms with Gasteiger partial charge in [-0.1, -0.05) is 12.1 Å². The summed E-state index contributed by atoms with van der Waals surface area (Å²) in [5.41, 5.74) is 5.44. The Morgan fingerprint density at radius 2 is 1.63 bits per heavy atom. The lowest BCUT2D eigenvalue weighted by Gasteiger charge is -2.25. The van der Waals surface area contributed by atoms with E-state index in [1.165, 1.54) is 16.9 Å². The van der Waals surface area contributed by atoms with E-state index in [1.807, 2.05) is 26.0 Å². The second-order valence-corrected chi connectivity index (χ2v) is 8.81. The lowest BCUT2D eigenvalue weighted by molar-refractivity contribution is -0.113. The average molecular weight is 480 g/mol. The molecule has 1 aliphatic carbocycles. The summed E-state index contributed by atoms with van der Waals surface area (Å²) in [5.74, 6) is -3.85. The maximum absolute atomic E-state index is 13.7. The molecule has 2 heterocycles. The average Bonchev–Trinajstić information content (AvgIpc) is 3.24. The number of carbonyl (C=O) groups is 2. The predicted molar refractivity (Wildman–Crippen MR) is 129 cm³/mol. The van der Waals surface area contributed by atoms with Crippen LogP contribution in [-0.2, 0) is 11.8 Å². The quantitative estimate of drug-likeness (QED) is 0.508. The summed E-state index contributed by atoms with van der Waals surface area (Å²) in [5, 5.41) is 9.42. The number of rotatable bonds is 5. The number of benzene rings is 1. The molecule has 0 spiro atoms. The van der Waals surface area contributed by atoms with Gasteiger partial charge in [0.2, 0.25) is 5.92 Å². The van der Waals surface area contributed by atoms with E-state index < -0.39 is 17.7 Å². The van der Waals surface area contributed by atoms with Gasteiger partial charge in [-0.25, -0.2) is 8.78 Å². The van der Waals surface area contributed by atoms with Gasteiger partial charge in [0.15, 0.2) is 0 Å². The number of halogens is 2. The van der Waals surface area contributed by atoms with Crippen LogP contribution in [0.1, 0.15) is 47.3 Å². The van der Waals surface area contributed by atoms with E-state index in [0.717, 1.165) is 22.3 Å². The molecular formula is C26H27F2N5O2. The first-order valence-electron chi connectivity index (χ1n) is 11.4. The van der Waals surface area contributed by atoms with Gasteiger partial charge in [0.05, 0.1) is 0 Å². The third kappa shape index (κ3) is 5.45. The Balaban J connectivity index is 1.57. The number of anilines is 1. The van der Waals surface area contributed by atoms with Crippen molar-refractivity contribution in [1.82, 2.24) is 20.1 Å². The van der Waals surface area contributed by atoms with Gasteiger partial charge >= 0.3 is 0 Å². The van der Waals surface area contributed by atoms with Crippen LogP contribution in [0.25, 0.3) is 11.1 Å². The fourth-order valence-corrected chi connectivity index (χ4v) is 4.32. The topological polar surface area (TPSA) is 88.9 Å². The summed E-state index contributed by atoms with van der Waals surface area (Å²) < 4.78 is 28.9. The van der Waals surface area contributed by atoms with Crippen molar-refractivity contribution in [2.75, 3.05) is 5.32 Å². The number of carbonyl (C=O) groups excluding carboxylic acids is 2. The molecule has 1 fully saturated rings. The van der Waals surface area contributed by atoms with Crippen LogP contribution in [0, 0.1) is 13.8 Å². The number of allylic oxidation sites excluding steroid dienone is 1.